The molecule has 2 aliphatic heterocycles. The Morgan fingerprint density at radius 2 is 0.912 bits per heavy atom. The molecule has 8 aromatic carbocycles. The summed E-state index contributed by atoms with van der Waals surface area (Å²) < 4.78 is 0. The van der Waals surface area contributed by atoms with Crippen LogP contribution in [0.1, 0.15) is 63.5 Å². The summed E-state index contributed by atoms with van der Waals surface area (Å²) in [6.07, 6.45) is 7.69. The highest BCUT2D eigenvalue weighted by Gasteiger charge is 2.36. The molecule has 2 saturated heterocycles. The lowest BCUT2D eigenvalue weighted by atomic mass is 9.79. The zero-order valence-electron chi connectivity index (χ0n) is 33.3. The van der Waals surface area contributed by atoms with Gasteiger partial charge in [-0.1, -0.05) is 123 Å². The maximum atomic E-state index is 2.63. The number of anilines is 2. The van der Waals surface area contributed by atoms with Gasteiger partial charge < -0.3 is 9.80 Å². The van der Waals surface area contributed by atoms with Crippen molar-refractivity contribution < 1.29 is 0 Å². The highest BCUT2D eigenvalue weighted by molar-refractivity contribution is 6.24. The van der Waals surface area contributed by atoms with Gasteiger partial charge >= 0.3 is 0 Å². The number of rotatable bonds is 5. The molecule has 2 nitrogen and oxygen atoms in total. The fourth-order valence-corrected chi connectivity index (χ4v) is 10.6. The van der Waals surface area contributed by atoms with Crippen LogP contribution in [0, 0.1) is 0 Å². The van der Waals surface area contributed by atoms with Crippen LogP contribution in [0.2, 0.25) is 0 Å². The average molecular weight is 739 g/mol. The van der Waals surface area contributed by atoms with Gasteiger partial charge in [-0.15, -0.1) is 0 Å². The third-order valence-corrected chi connectivity index (χ3v) is 13.7. The van der Waals surface area contributed by atoms with Crippen molar-refractivity contribution in [3.63, 3.8) is 0 Å². The zero-order chi connectivity index (χ0) is 38.1. The number of fused-ring (bicyclic) bond motifs is 6. The van der Waals surface area contributed by atoms with Gasteiger partial charge in [-0.2, -0.15) is 0 Å². The Bertz CT molecular complexity index is 2830. The van der Waals surface area contributed by atoms with E-state index in [2.05, 4.69) is 169 Å². The first-order chi connectivity index (χ1) is 28.0. The minimum atomic E-state index is -0.139. The van der Waals surface area contributed by atoms with Gasteiger partial charge in [0, 0.05) is 43.0 Å². The Morgan fingerprint density at radius 3 is 1.58 bits per heavy atom. The molecule has 2 heterocycles. The Labute approximate surface area is 337 Å². The van der Waals surface area contributed by atoms with E-state index in [0.29, 0.717) is 0 Å². The van der Waals surface area contributed by atoms with E-state index < -0.39 is 0 Å². The van der Waals surface area contributed by atoms with Gasteiger partial charge in [0.1, 0.15) is 0 Å². The fourth-order valence-electron chi connectivity index (χ4n) is 10.6. The summed E-state index contributed by atoms with van der Waals surface area (Å²) in [4.78, 5) is 5.25. The number of hydrogen-bond acceptors (Lipinski definition) is 2. The predicted octanol–water partition coefficient (Wildman–Crippen LogP) is 14.4. The SMILES string of the molecule is CC1(C)c2cc(-c3ccccc3)ccc2-c2ccc(-c3c4cc(N5CCCCC5)ccc4c(-c4cccc5ccccc45)c4cc(N5CCCCC5)ccc34)cc21. The molecule has 280 valence electrons. The van der Waals surface area contributed by atoms with E-state index >= 15 is 0 Å². The quantitative estimate of drug-likeness (QED) is 0.162. The van der Waals surface area contributed by atoms with Crippen LogP contribution < -0.4 is 9.80 Å². The van der Waals surface area contributed by atoms with E-state index in [-0.39, 0.29) is 5.41 Å². The smallest absolute Gasteiger partial charge is 0.0372 e. The number of piperidine rings is 2. The number of hydrogen-bond donors (Lipinski definition) is 0. The molecule has 0 unspecified atom stereocenters. The van der Waals surface area contributed by atoms with Crippen molar-refractivity contribution in [3.05, 3.63) is 157 Å². The summed E-state index contributed by atoms with van der Waals surface area (Å²) in [6.45, 7) is 9.35. The van der Waals surface area contributed by atoms with Crippen molar-refractivity contribution in [1.29, 1.82) is 0 Å². The Kier molecular flexibility index (Phi) is 8.24. The molecule has 0 spiro atoms. The lowest BCUT2D eigenvalue weighted by Crippen LogP contribution is -2.29. The van der Waals surface area contributed by atoms with E-state index in [9.17, 15) is 0 Å². The van der Waals surface area contributed by atoms with E-state index in [4.69, 9.17) is 0 Å². The third kappa shape index (κ3) is 5.67. The van der Waals surface area contributed by atoms with Gasteiger partial charge in [-0.05, 0) is 163 Å². The van der Waals surface area contributed by atoms with Crippen molar-refractivity contribution in [1.82, 2.24) is 0 Å². The first kappa shape index (κ1) is 34.4. The van der Waals surface area contributed by atoms with Crippen LogP contribution in [0.15, 0.2) is 146 Å². The van der Waals surface area contributed by atoms with Gasteiger partial charge in [0.2, 0.25) is 0 Å². The average Bonchev–Trinajstić information content (AvgIpc) is 3.50. The van der Waals surface area contributed by atoms with Crippen molar-refractivity contribution in [2.75, 3.05) is 36.0 Å². The van der Waals surface area contributed by atoms with Crippen molar-refractivity contribution in [2.45, 2.75) is 57.8 Å². The molecule has 2 heteroatoms. The number of benzene rings is 8. The van der Waals surface area contributed by atoms with Gasteiger partial charge in [0.25, 0.3) is 0 Å². The minimum absolute atomic E-state index is 0.139. The lowest BCUT2D eigenvalue weighted by molar-refractivity contribution is 0.578. The molecule has 0 N–H and O–H groups in total. The molecule has 11 rings (SSSR count). The Hall–Kier alpha value is -5.86. The van der Waals surface area contributed by atoms with E-state index in [1.807, 2.05) is 0 Å². The van der Waals surface area contributed by atoms with Crippen LogP contribution in [-0.4, -0.2) is 26.2 Å². The molecule has 0 atom stereocenters. The topological polar surface area (TPSA) is 6.48 Å². The molecule has 0 bridgehead atoms. The normalized spacial score (nSPS) is 16.3. The molecule has 0 amide bonds. The molecular formula is C55H50N2. The third-order valence-electron chi connectivity index (χ3n) is 13.7. The first-order valence-electron chi connectivity index (χ1n) is 21.4. The first-order valence-corrected chi connectivity index (χ1v) is 21.4. The molecule has 0 saturated carbocycles. The van der Waals surface area contributed by atoms with Gasteiger partial charge in [0.05, 0.1) is 0 Å². The Morgan fingerprint density at radius 1 is 0.368 bits per heavy atom. The molecule has 0 aromatic heterocycles. The van der Waals surface area contributed by atoms with Crippen LogP contribution in [0.5, 0.6) is 0 Å². The van der Waals surface area contributed by atoms with Crippen molar-refractivity contribution in [3.8, 4) is 44.5 Å². The summed E-state index contributed by atoms with van der Waals surface area (Å²) in [5, 5.41) is 7.96. The van der Waals surface area contributed by atoms with Crippen LogP contribution in [0.25, 0.3) is 76.8 Å². The highest BCUT2D eigenvalue weighted by Crippen LogP contribution is 2.53. The lowest BCUT2D eigenvalue weighted by Gasteiger charge is -2.31. The van der Waals surface area contributed by atoms with E-state index in [1.165, 1.54) is 138 Å². The van der Waals surface area contributed by atoms with Gasteiger partial charge in [-0.25, -0.2) is 0 Å². The van der Waals surface area contributed by atoms with Gasteiger partial charge in [0.15, 0.2) is 0 Å². The summed E-state index contributed by atoms with van der Waals surface area (Å²) in [5.41, 5.74) is 16.0. The monoisotopic (exact) mass is 738 g/mol. The largest absolute Gasteiger partial charge is 0.372 e. The van der Waals surface area contributed by atoms with Crippen molar-refractivity contribution in [2.24, 2.45) is 0 Å². The van der Waals surface area contributed by atoms with E-state index in [1.54, 1.807) is 0 Å². The van der Waals surface area contributed by atoms with E-state index in [0.717, 1.165) is 26.2 Å². The molecule has 2 fully saturated rings. The van der Waals surface area contributed by atoms with Crippen molar-refractivity contribution >= 4 is 43.7 Å². The fraction of sp³-hybridized carbons (Fsp3) is 0.236. The summed E-state index contributed by atoms with van der Waals surface area (Å²) in [6, 6.07) is 56.0. The summed E-state index contributed by atoms with van der Waals surface area (Å²) in [5.74, 6) is 0. The maximum absolute atomic E-state index is 2.63. The zero-order valence-corrected chi connectivity index (χ0v) is 33.3. The maximum Gasteiger partial charge on any atom is 0.0372 e. The molecule has 1 aliphatic carbocycles. The number of nitrogens with zero attached hydrogens (tertiary/aromatic N) is 2. The molecule has 8 aromatic rings. The molecule has 57 heavy (non-hydrogen) atoms. The summed E-state index contributed by atoms with van der Waals surface area (Å²) >= 11 is 0. The molecular weight excluding hydrogens is 689 g/mol. The summed E-state index contributed by atoms with van der Waals surface area (Å²) in [7, 11) is 0. The van der Waals surface area contributed by atoms with Crippen LogP contribution in [0.3, 0.4) is 0 Å². The molecule has 0 radical (unpaired) electrons. The predicted molar refractivity (Wildman–Crippen MR) is 245 cm³/mol. The highest BCUT2D eigenvalue weighted by atomic mass is 15.1. The second-order valence-electron chi connectivity index (χ2n) is 17.3. The van der Waals surface area contributed by atoms with Gasteiger partial charge in [-0.3, -0.25) is 0 Å². The minimum Gasteiger partial charge on any atom is -0.372 e. The molecule has 3 aliphatic rings. The second kappa shape index (κ2) is 13.7. The van der Waals surface area contributed by atoms with Crippen LogP contribution in [0.4, 0.5) is 11.4 Å². The Balaban J connectivity index is 1.18. The standard InChI is InChI=1S/C55H50N2/c1-55(2)51-33-39(37-15-6-3-7-16-37)21-25-44(51)45-26-22-40(34-52(45)55)53-47-27-23-42(57-31-12-5-13-32-57)36-50(47)54(46-20-14-18-38-17-8-9-19-43(38)46)48-28-24-41(35-49(48)53)56-29-10-4-11-30-56/h3,6-9,14-28,33-36H,4-5,10-13,29-32H2,1-2H3. The van der Waals surface area contributed by atoms with Crippen LogP contribution in [-0.2, 0) is 5.41 Å². The van der Waals surface area contributed by atoms with Crippen LogP contribution >= 0.6 is 0 Å². The second-order valence-corrected chi connectivity index (χ2v) is 17.3.